The van der Waals surface area contributed by atoms with Gasteiger partial charge in [0, 0.05) is 18.6 Å². The molecule has 0 radical (unpaired) electrons. The quantitative estimate of drug-likeness (QED) is 0.767. The SMILES string of the molecule is CCNC(CCN(C)C(C)CO)c1cc(C)cc(C)c1. The summed E-state index contributed by atoms with van der Waals surface area (Å²) in [7, 11) is 2.07. The highest BCUT2D eigenvalue weighted by atomic mass is 16.3. The zero-order chi connectivity index (χ0) is 15.1. The number of aliphatic hydroxyl groups is 1. The number of hydrogen-bond acceptors (Lipinski definition) is 3. The van der Waals surface area contributed by atoms with Crippen LogP contribution in [0.1, 0.15) is 43.0 Å². The number of hydrogen-bond donors (Lipinski definition) is 2. The summed E-state index contributed by atoms with van der Waals surface area (Å²) in [6.45, 7) is 10.7. The van der Waals surface area contributed by atoms with Crippen molar-refractivity contribution in [2.24, 2.45) is 0 Å². The number of aryl methyl sites for hydroxylation is 2. The van der Waals surface area contributed by atoms with Gasteiger partial charge < -0.3 is 15.3 Å². The van der Waals surface area contributed by atoms with E-state index in [-0.39, 0.29) is 12.6 Å². The summed E-state index contributed by atoms with van der Waals surface area (Å²) in [6.07, 6.45) is 1.05. The van der Waals surface area contributed by atoms with E-state index < -0.39 is 0 Å². The first-order valence-electron chi connectivity index (χ1n) is 7.60. The van der Waals surface area contributed by atoms with Gasteiger partial charge in [0.2, 0.25) is 0 Å². The van der Waals surface area contributed by atoms with E-state index in [4.69, 9.17) is 0 Å². The third-order valence-electron chi connectivity index (χ3n) is 3.88. The molecular formula is C17H30N2O. The molecule has 0 amide bonds. The van der Waals surface area contributed by atoms with E-state index in [0.29, 0.717) is 6.04 Å². The van der Waals surface area contributed by atoms with Crippen molar-refractivity contribution < 1.29 is 5.11 Å². The predicted octanol–water partition coefficient (Wildman–Crippen LogP) is 2.66. The second-order valence-electron chi connectivity index (χ2n) is 5.83. The van der Waals surface area contributed by atoms with Gasteiger partial charge in [-0.1, -0.05) is 36.2 Å². The van der Waals surface area contributed by atoms with Gasteiger partial charge in [0.1, 0.15) is 0 Å². The minimum Gasteiger partial charge on any atom is -0.395 e. The molecule has 0 aliphatic carbocycles. The highest BCUT2D eigenvalue weighted by molar-refractivity contribution is 5.30. The van der Waals surface area contributed by atoms with Gasteiger partial charge in [-0.05, 0) is 46.3 Å². The Bertz CT molecular complexity index is 386. The maximum Gasteiger partial charge on any atom is 0.0584 e. The Labute approximate surface area is 124 Å². The number of rotatable bonds is 8. The molecule has 0 saturated carbocycles. The van der Waals surface area contributed by atoms with E-state index in [1.165, 1.54) is 16.7 Å². The number of benzene rings is 1. The van der Waals surface area contributed by atoms with Crippen LogP contribution in [0.2, 0.25) is 0 Å². The molecule has 0 spiro atoms. The second kappa shape index (κ2) is 8.40. The molecule has 3 heteroatoms. The monoisotopic (exact) mass is 278 g/mol. The normalized spacial score (nSPS) is 14.6. The average molecular weight is 278 g/mol. The lowest BCUT2D eigenvalue weighted by atomic mass is 9.98. The van der Waals surface area contributed by atoms with Gasteiger partial charge in [-0.3, -0.25) is 0 Å². The topological polar surface area (TPSA) is 35.5 Å². The van der Waals surface area contributed by atoms with Crippen molar-refractivity contribution in [3.63, 3.8) is 0 Å². The molecule has 2 atom stereocenters. The number of nitrogens with one attached hydrogen (secondary N) is 1. The summed E-state index contributed by atoms with van der Waals surface area (Å²) in [4.78, 5) is 2.22. The summed E-state index contributed by atoms with van der Waals surface area (Å²) < 4.78 is 0. The first-order valence-corrected chi connectivity index (χ1v) is 7.60. The Morgan fingerprint density at radius 3 is 2.30 bits per heavy atom. The summed E-state index contributed by atoms with van der Waals surface area (Å²) in [5.41, 5.74) is 4.01. The minimum atomic E-state index is 0.214. The molecule has 0 aliphatic rings. The van der Waals surface area contributed by atoms with Crippen LogP contribution in [0.25, 0.3) is 0 Å². The van der Waals surface area contributed by atoms with Gasteiger partial charge in [0.15, 0.2) is 0 Å². The van der Waals surface area contributed by atoms with E-state index in [1.54, 1.807) is 0 Å². The number of nitrogens with zero attached hydrogens (tertiary/aromatic N) is 1. The van der Waals surface area contributed by atoms with Crippen molar-refractivity contribution in [3.8, 4) is 0 Å². The lowest BCUT2D eigenvalue weighted by Crippen LogP contribution is -2.35. The Kier molecular flexibility index (Phi) is 7.20. The van der Waals surface area contributed by atoms with Crippen LogP contribution in [-0.2, 0) is 0 Å². The molecule has 0 aromatic heterocycles. The van der Waals surface area contributed by atoms with Gasteiger partial charge >= 0.3 is 0 Å². The molecule has 114 valence electrons. The summed E-state index contributed by atoms with van der Waals surface area (Å²) in [6, 6.07) is 7.36. The third-order valence-corrected chi connectivity index (χ3v) is 3.88. The fourth-order valence-electron chi connectivity index (χ4n) is 2.54. The zero-order valence-electron chi connectivity index (χ0n) is 13.6. The second-order valence-corrected chi connectivity index (χ2v) is 5.83. The van der Waals surface area contributed by atoms with Crippen LogP contribution in [-0.4, -0.2) is 42.8 Å². The molecular weight excluding hydrogens is 248 g/mol. The van der Waals surface area contributed by atoms with Crippen molar-refractivity contribution in [1.82, 2.24) is 10.2 Å². The smallest absolute Gasteiger partial charge is 0.0584 e. The van der Waals surface area contributed by atoms with Crippen LogP contribution in [0.15, 0.2) is 18.2 Å². The molecule has 0 aliphatic heterocycles. The van der Waals surface area contributed by atoms with E-state index in [9.17, 15) is 5.11 Å². The molecule has 2 unspecified atom stereocenters. The van der Waals surface area contributed by atoms with Crippen LogP contribution in [0.3, 0.4) is 0 Å². The van der Waals surface area contributed by atoms with Gasteiger partial charge in [0.05, 0.1) is 6.61 Å². The molecule has 1 aromatic carbocycles. The average Bonchev–Trinajstić information content (AvgIpc) is 2.40. The molecule has 0 fully saturated rings. The third kappa shape index (κ3) is 5.23. The highest BCUT2D eigenvalue weighted by Gasteiger charge is 2.14. The maximum atomic E-state index is 9.21. The largest absolute Gasteiger partial charge is 0.395 e. The van der Waals surface area contributed by atoms with Gasteiger partial charge in [0.25, 0.3) is 0 Å². The minimum absolute atomic E-state index is 0.214. The summed E-state index contributed by atoms with van der Waals surface area (Å²) >= 11 is 0. The van der Waals surface area contributed by atoms with E-state index in [1.807, 2.05) is 0 Å². The molecule has 0 bridgehead atoms. The Hall–Kier alpha value is -0.900. The lowest BCUT2D eigenvalue weighted by Gasteiger charge is -2.26. The fourth-order valence-corrected chi connectivity index (χ4v) is 2.54. The van der Waals surface area contributed by atoms with Crippen molar-refractivity contribution in [2.75, 3.05) is 26.7 Å². The maximum absolute atomic E-state index is 9.21. The number of likely N-dealkylation sites (N-methyl/N-ethyl adjacent to an activating group) is 1. The molecule has 3 nitrogen and oxygen atoms in total. The van der Waals surface area contributed by atoms with Crippen LogP contribution in [0.5, 0.6) is 0 Å². The molecule has 20 heavy (non-hydrogen) atoms. The van der Waals surface area contributed by atoms with Crippen molar-refractivity contribution in [2.45, 2.75) is 46.2 Å². The first kappa shape index (κ1) is 17.2. The molecule has 0 heterocycles. The standard InChI is InChI=1S/C17H30N2O/c1-6-18-17(7-8-19(5)15(4)12-20)16-10-13(2)9-14(3)11-16/h9-11,15,17-18,20H,6-8,12H2,1-5H3. The van der Waals surface area contributed by atoms with Crippen LogP contribution < -0.4 is 5.32 Å². The Balaban J connectivity index is 2.73. The van der Waals surface area contributed by atoms with E-state index in [2.05, 4.69) is 63.2 Å². The predicted molar refractivity (Wildman–Crippen MR) is 86.1 cm³/mol. The van der Waals surface area contributed by atoms with Crippen LogP contribution >= 0.6 is 0 Å². The Morgan fingerprint density at radius 2 is 1.80 bits per heavy atom. The molecule has 1 aromatic rings. The van der Waals surface area contributed by atoms with Crippen LogP contribution in [0, 0.1) is 13.8 Å². The lowest BCUT2D eigenvalue weighted by molar-refractivity contribution is 0.154. The van der Waals surface area contributed by atoms with Crippen molar-refractivity contribution >= 4 is 0 Å². The zero-order valence-corrected chi connectivity index (χ0v) is 13.6. The van der Waals surface area contributed by atoms with E-state index in [0.717, 1.165) is 19.5 Å². The van der Waals surface area contributed by atoms with Crippen LogP contribution in [0.4, 0.5) is 0 Å². The highest BCUT2D eigenvalue weighted by Crippen LogP contribution is 2.20. The summed E-state index contributed by atoms with van der Waals surface area (Å²) in [5, 5.41) is 12.8. The first-order chi connectivity index (χ1) is 9.47. The fraction of sp³-hybridized carbons (Fsp3) is 0.647. The van der Waals surface area contributed by atoms with Crippen molar-refractivity contribution in [3.05, 3.63) is 34.9 Å². The van der Waals surface area contributed by atoms with Gasteiger partial charge in [-0.15, -0.1) is 0 Å². The number of aliphatic hydroxyl groups excluding tert-OH is 1. The Morgan fingerprint density at radius 1 is 1.20 bits per heavy atom. The molecule has 0 saturated heterocycles. The van der Waals surface area contributed by atoms with E-state index >= 15 is 0 Å². The van der Waals surface area contributed by atoms with Gasteiger partial charge in [-0.25, -0.2) is 0 Å². The van der Waals surface area contributed by atoms with Crippen molar-refractivity contribution in [1.29, 1.82) is 0 Å². The van der Waals surface area contributed by atoms with Gasteiger partial charge in [-0.2, -0.15) is 0 Å². The molecule has 2 N–H and O–H groups in total. The molecule has 1 rings (SSSR count). The summed E-state index contributed by atoms with van der Waals surface area (Å²) in [5.74, 6) is 0.